The van der Waals surface area contributed by atoms with E-state index < -0.39 is 22.5 Å². The van der Waals surface area contributed by atoms with Crippen molar-refractivity contribution in [2.75, 3.05) is 6.54 Å². The standard InChI is InChI=1S/C15H17N3O4S/c1-17-9-13(15(16-17)11-5-3-2-4-6-11)23(21,22)18(10-14(19)20)12-7-8-12/h2-6,9,12H,7-8,10H2,1H3,(H,19,20). The molecule has 1 fully saturated rings. The Balaban J connectivity index is 2.08. The highest BCUT2D eigenvalue weighted by Gasteiger charge is 2.41. The summed E-state index contributed by atoms with van der Waals surface area (Å²) >= 11 is 0. The summed E-state index contributed by atoms with van der Waals surface area (Å²) in [6.45, 7) is -0.532. The molecule has 1 saturated carbocycles. The lowest BCUT2D eigenvalue weighted by Gasteiger charge is -2.19. The second kappa shape index (κ2) is 5.78. The lowest BCUT2D eigenvalue weighted by molar-refractivity contribution is -0.137. The van der Waals surface area contributed by atoms with Crippen molar-refractivity contribution in [3.8, 4) is 11.3 Å². The maximum Gasteiger partial charge on any atom is 0.318 e. The van der Waals surface area contributed by atoms with Crippen LogP contribution in [0.1, 0.15) is 12.8 Å². The average molecular weight is 335 g/mol. The number of carboxylic acid groups (broad SMARTS) is 1. The number of hydrogen-bond donors (Lipinski definition) is 1. The minimum absolute atomic E-state index is 0.0411. The van der Waals surface area contributed by atoms with E-state index in [0.717, 1.165) is 4.31 Å². The summed E-state index contributed by atoms with van der Waals surface area (Å²) in [5, 5.41) is 13.3. The number of rotatable bonds is 6. The van der Waals surface area contributed by atoms with Crippen LogP contribution < -0.4 is 0 Å². The number of aryl methyl sites for hydroxylation is 1. The molecule has 23 heavy (non-hydrogen) atoms. The average Bonchev–Trinajstić information content (AvgIpc) is 3.26. The van der Waals surface area contributed by atoms with Gasteiger partial charge in [-0.2, -0.15) is 9.40 Å². The topological polar surface area (TPSA) is 92.5 Å². The predicted octanol–water partition coefficient (Wildman–Crippen LogP) is 1.32. The van der Waals surface area contributed by atoms with Gasteiger partial charge in [-0.05, 0) is 12.8 Å². The molecule has 0 amide bonds. The van der Waals surface area contributed by atoms with Gasteiger partial charge < -0.3 is 5.11 Å². The van der Waals surface area contributed by atoms with E-state index in [9.17, 15) is 13.2 Å². The van der Waals surface area contributed by atoms with Gasteiger partial charge in [-0.1, -0.05) is 30.3 Å². The number of nitrogens with zero attached hydrogens (tertiary/aromatic N) is 3. The van der Waals surface area contributed by atoms with Gasteiger partial charge in [0.1, 0.15) is 17.1 Å². The molecular formula is C15H17N3O4S. The van der Waals surface area contributed by atoms with Crippen LogP contribution in [0.25, 0.3) is 11.3 Å². The first-order chi connectivity index (χ1) is 10.9. The van der Waals surface area contributed by atoms with Crippen molar-refractivity contribution in [1.82, 2.24) is 14.1 Å². The van der Waals surface area contributed by atoms with E-state index in [1.165, 1.54) is 10.9 Å². The molecule has 122 valence electrons. The lowest BCUT2D eigenvalue weighted by atomic mass is 10.2. The van der Waals surface area contributed by atoms with Gasteiger partial charge in [0.05, 0.1) is 0 Å². The summed E-state index contributed by atoms with van der Waals surface area (Å²) in [5.41, 5.74) is 1.02. The zero-order chi connectivity index (χ0) is 16.6. The van der Waals surface area contributed by atoms with E-state index in [0.29, 0.717) is 24.1 Å². The molecular weight excluding hydrogens is 318 g/mol. The number of sulfonamides is 1. The van der Waals surface area contributed by atoms with Crippen LogP contribution in [0, 0.1) is 0 Å². The van der Waals surface area contributed by atoms with E-state index in [2.05, 4.69) is 5.10 Å². The molecule has 0 spiro atoms. The molecule has 1 aliphatic carbocycles. The molecule has 1 N–H and O–H groups in total. The fourth-order valence-corrected chi connectivity index (χ4v) is 4.31. The van der Waals surface area contributed by atoms with Crippen LogP contribution in [0.4, 0.5) is 0 Å². The third kappa shape index (κ3) is 3.13. The van der Waals surface area contributed by atoms with E-state index >= 15 is 0 Å². The maximum atomic E-state index is 13.0. The van der Waals surface area contributed by atoms with Crippen molar-refractivity contribution in [2.45, 2.75) is 23.8 Å². The molecule has 1 heterocycles. The summed E-state index contributed by atoms with van der Waals surface area (Å²) in [5.74, 6) is -1.16. The van der Waals surface area contributed by atoms with E-state index in [1.807, 2.05) is 6.07 Å². The molecule has 3 rings (SSSR count). The summed E-state index contributed by atoms with van der Waals surface area (Å²) in [7, 11) is -2.28. The van der Waals surface area contributed by atoms with Crippen LogP contribution in [0.15, 0.2) is 41.4 Å². The molecule has 8 heteroatoms. The van der Waals surface area contributed by atoms with Crippen LogP contribution in [0.5, 0.6) is 0 Å². The van der Waals surface area contributed by atoms with E-state index in [-0.39, 0.29) is 10.9 Å². The molecule has 0 bridgehead atoms. The summed E-state index contributed by atoms with van der Waals surface area (Å²) in [6.07, 6.45) is 2.80. The van der Waals surface area contributed by atoms with Gasteiger partial charge in [-0.25, -0.2) is 8.42 Å². The molecule has 0 unspecified atom stereocenters. The SMILES string of the molecule is Cn1cc(S(=O)(=O)N(CC(=O)O)C2CC2)c(-c2ccccc2)n1. The number of benzene rings is 1. The Bertz CT molecular complexity index is 826. The largest absolute Gasteiger partial charge is 0.480 e. The molecule has 0 saturated heterocycles. The Kier molecular flexibility index (Phi) is 3.95. The molecule has 0 radical (unpaired) electrons. The first-order valence-corrected chi connectivity index (χ1v) is 8.66. The van der Waals surface area contributed by atoms with Gasteiger partial charge in [-0.3, -0.25) is 9.48 Å². The number of aliphatic carboxylic acids is 1. The second-order valence-corrected chi connectivity index (χ2v) is 7.42. The van der Waals surface area contributed by atoms with Crippen LogP contribution >= 0.6 is 0 Å². The molecule has 0 atom stereocenters. The molecule has 1 aromatic heterocycles. The van der Waals surface area contributed by atoms with E-state index in [1.54, 1.807) is 31.3 Å². The molecule has 2 aromatic rings. The number of aromatic nitrogens is 2. The Morgan fingerprint density at radius 2 is 2.00 bits per heavy atom. The van der Waals surface area contributed by atoms with Crippen LogP contribution in [0.2, 0.25) is 0 Å². The highest BCUT2D eigenvalue weighted by atomic mass is 32.2. The first kappa shape index (κ1) is 15.7. The third-order valence-electron chi connectivity index (χ3n) is 3.67. The summed E-state index contributed by atoms with van der Waals surface area (Å²) in [4.78, 5) is 11.1. The van der Waals surface area contributed by atoms with Crippen molar-refractivity contribution >= 4 is 16.0 Å². The fraction of sp³-hybridized carbons (Fsp3) is 0.333. The van der Waals surface area contributed by atoms with Crippen LogP contribution in [-0.4, -0.2) is 46.2 Å². The zero-order valence-electron chi connectivity index (χ0n) is 12.6. The van der Waals surface area contributed by atoms with Crippen molar-refractivity contribution in [3.05, 3.63) is 36.5 Å². The summed E-state index contributed by atoms with van der Waals surface area (Å²) < 4.78 is 28.4. The zero-order valence-corrected chi connectivity index (χ0v) is 13.4. The lowest BCUT2D eigenvalue weighted by Crippen LogP contribution is -2.37. The minimum atomic E-state index is -3.92. The smallest absolute Gasteiger partial charge is 0.318 e. The van der Waals surface area contributed by atoms with Gasteiger partial charge in [0.25, 0.3) is 0 Å². The van der Waals surface area contributed by atoms with Gasteiger partial charge in [0, 0.05) is 24.8 Å². The Morgan fingerprint density at radius 3 is 2.57 bits per heavy atom. The van der Waals surface area contributed by atoms with Gasteiger partial charge in [0.2, 0.25) is 10.0 Å². The Labute approximate surface area is 134 Å². The Morgan fingerprint density at radius 1 is 1.35 bits per heavy atom. The molecule has 1 aromatic carbocycles. The molecule has 7 nitrogen and oxygen atoms in total. The van der Waals surface area contributed by atoms with Gasteiger partial charge in [-0.15, -0.1) is 0 Å². The number of carboxylic acids is 1. The minimum Gasteiger partial charge on any atom is -0.480 e. The highest BCUT2D eigenvalue weighted by molar-refractivity contribution is 7.89. The number of carbonyl (C=O) groups is 1. The molecule has 0 aliphatic heterocycles. The van der Waals surface area contributed by atoms with Crippen molar-refractivity contribution in [1.29, 1.82) is 0 Å². The highest BCUT2D eigenvalue weighted by Crippen LogP contribution is 2.35. The number of hydrogen-bond acceptors (Lipinski definition) is 4. The van der Waals surface area contributed by atoms with E-state index in [4.69, 9.17) is 5.11 Å². The first-order valence-electron chi connectivity index (χ1n) is 7.22. The Hall–Kier alpha value is -2.19. The molecule has 1 aliphatic rings. The van der Waals surface area contributed by atoms with Gasteiger partial charge in [0.15, 0.2) is 0 Å². The van der Waals surface area contributed by atoms with Crippen molar-refractivity contribution in [3.63, 3.8) is 0 Å². The second-order valence-electron chi connectivity index (χ2n) is 5.56. The quantitative estimate of drug-likeness (QED) is 0.859. The third-order valence-corrected chi connectivity index (χ3v) is 5.57. The monoisotopic (exact) mass is 335 g/mol. The van der Waals surface area contributed by atoms with Crippen molar-refractivity contribution in [2.24, 2.45) is 7.05 Å². The van der Waals surface area contributed by atoms with Crippen molar-refractivity contribution < 1.29 is 18.3 Å². The van der Waals surface area contributed by atoms with Crippen LogP contribution in [-0.2, 0) is 21.9 Å². The predicted molar refractivity (Wildman–Crippen MR) is 83.2 cm³/mol. The normalized spacial score (nSPS) is 15.0. The van der Waals surface area contributed by atoms with Crippen LogP contribution in [0.3, 0.4) is 0 Å². The maximum absolute atomic E-state index is 13.0. The fourth-order valence-electron chi connectivity index (χ4n) is 2.48. The summed E-state index contributed by atoms with van der Waals surface area (Å²) in [6, 6.07) is 8.76. The van der Waals surface area contributed by atoms with Gasteiger partial charge >= 0.3 is 5.97 Å².